The van der Waals surface area contributed by atoms with Crippen molar-refractivity contribution in [2.24, 2.45) is 5.73 Å². The number of hydrogen-bond acceptors (Lipinski definition) is 6. The van der Waals surface area contributed by atoms with Crippen LogP contribution in [-0.4, -0.2) is 42.6 Å². The van der Waals surface area contributed by atoms with Crippen molar-refractivity contribution < 1.29 is 19.1 Å². The lowest BCUT2D eigenvalue weighted by Crippen LogP contribution is -2.40. The Morgan fingerprint density at radius 1 is 1.07 bits per heavy atom. The van der Waals surface area contributed by atoms with E-state index >= 15 is 0 Å². The largest absolute Gasteiger partial charge is 0.466 e. The Morgan fingerprint density at radius 2 is 1.76 bits per heavy atom. The minimum absolute atomic E-state index is 0.107. The van der Waals surface area contributed by atoms with Gasteiger partial charge in [0.1, 0.15) is 0 Å². The molecule has 154 valence electrons. The van der Waals surface area contributed by atoms with E-state index in [4.69, 9.17) is 10.5 Å². The number of amides is 3. The third-order valence-corrected chi connectivity index (χ3v) is 3.94. The molecule has 0 aliphatic carbocycles. The first kappa shape index (κ1) is 21.8. The molecule has 9 heteroatoms. The number of pyridine rings is 1. The molecule has 0 bridgehead atoms. The number of aromatic nitrogens is 1. The predicted molar refractivity (Wildman–Crippen MR) is 108 cm³/mol. The highest BCUT2D eigenvalue weighted by atomic mass is 16.5. The zero-order valence-corrected chi connectivity index (χ0v) is 16.2. The molecule has 1 atom stereocenters. The maximum Gasteiger partial charge on any atom is 0.314 e. The number of carbonyl (C=O) groups is 3. The van der Waals surface area contributed by atoms with Crippen molar-refractivity contribution in [1.82, 2.24) is 15.6 Å². The van der Waals surface area contributed by atoms with E-state index in [1.54, 1.807) is 55.7 Å². The lowest BCUT2D eigenvalue weighted by molar-refractivity contribution is -0.142. The quantitative estimate of drug-likeness (QED) is 0.473. The van der Waals surface area contributed by atoms with Crippen LogP contribution in [0.1, 0.15) is 35.3 Å². The molecule has 9 nitrogen and oxygen atoms in total. The number of benzene rings is 1. The van der Waals surface area contributed by atoms with E-state index in [2.05, 4.69) is 20.9 Å². The summed E-state index contributed by atoms with van der Waals surface area (Å²) in [4.78, 5) is 39.1. The number of nitrogens with zero attached hydrogens (tertiary/aromatic N) is 1. The van der Waals surface area contributed by atoms with Crippen molar-refractivity contribution in [3.63, 3.8) is 0 Å². The van der Waals surface area contributed by atoms with E-state index in [1.165, 1.54) is 0 Å². The van der Waals surface area contributed by atoms with Crippen LogP contribution in [0.3, 0.4) is 0 Å². The monoisotopic (exact) mass is 399 g/mol. The lowest BCUT2D eigenvalue weighted by Gasteiger charge is -2.14. The summed E-state index contributed by atoms with van der Waals surface area (Å²) in [6.45, 7) is 2.42. The van der Waals surface area contributed by atoms with Crippen molar-refractivity contribution >= 4 is 23.6 Å². The maximum atomic E-state index is 12.2. The number of anilines is 1. The SMILES string of the molecule is CCOC(=O)CCNC(=O)NCC(N)c1ccc(C(=O)Nc2ccncc2)cc1. The average molecular weight is 399 g/mol. The molecule has 0 aliphatic heterocycles. The van der Waals surface area contributed by atoms with Gasteiger partial charge in [-0.05, 0) is 36.8 Å². The molecule has 5 N–H and O–H groups in total. The van der Waals surface area contributed by atoms with Crippen LogP contribution >= 0.6 is 0 Å². The smallest absolute Gasteiger partial charge is 0.314 e. The summed E-state index contributed by atoms with van der Waals surface area (Å²) < 4.78 is 4.78. The number of hydrogen-bond donors (Lipinski definition) is 4. The number of nitrogens with two attached hydrogens (primary N) is 1. The van der Waals surface area contributed by atoms with Crippen LogP contribution in [0.15, 0.2) is 48.8 Å². The number of ether oxygens (including phenoxy) is 1. The number of rotatable bonds is 9. The van der Waals surface area contributed by atoms with E-state index in [9.17, 15) is 14.4 Å². The van der Waals surface area contributed by atoms with Crippen LogP contribution in [0.2, 0.25) is 0 Å². The van der Waals surface area contributed by atoms with E-state index in [1.807, 2.05) is 0 Å². The second kappa shape index (κ2) is 11.4. The van der Waals surface area contributed by atoms with Crippen LogP contribution in [0, 0.1) is 0 Å². The zero-order chi connectivity index (χ0) is 21.1. The third-order valence-electron chi connectivity index (χ3n) is 3.94. The molecule has 0 saturated heterocycles. The minimum atomic E-state index is -0.442. The fourth-order valence-electron chi connectivity index (χ4n) is 2.41. The van der Waals surface area contributed by atoms with Crippen molar-refractivity contribution in [3.8, 4) is 0 Å². The first-order chi connectivity index (χ1) is 14.0. The number of carbonyl (C=O) groups excluding carboxylic acids is 3. The summed E-state index contributed by atoms with van der Waals surface area (Å²) in [7, 11) is 0. The van der Waals surface area contributed by atoms with Gasteiger partial charge in [-0.25, -0.2) is 4.79 Å². The van der Waals surface area contributed by atoms with Gasteiger partial charge in [0.05, 0.1) is 13.0 Å². The molecular weight excluding hydrogens is 374 g/mol. The van der Waals surface area contributed by atoms with Crippen molar-refractivity contribution in [3.05, 3.63) is 59.9 Å². The summed E-state index contributed by atoms with van der Waals surface area (Å²) in [5.74, 6) is -0.604. The van der Waals surface area contributed by atoms with Crippen LogP contribution < -0.4 is 21.7 Å². The minimum Gasteiger partial charge on any atom is -0.466 e. The van der Waals surface area contributed by atoms with Gasteiger partial charge in [-0.15, -0.1) is 0 Å². The Hall–Kier alpha value is -3.46. The average Bonchev–Trinajstić information content (AvgIpc) is 2.73. The van der Waals surface area contributed by atoms with Crippen LogP contribution in [0.5, 0.6) is 0 Å². The number of nitrogens with one attached hydrogen (secondary N) is 3. The molecule has 0 spiro atoms. The molecule has 0 aliphatic rings. The molecule has 2 aromatic rings. The van der Waals surface area contributed by atoms with Crippen LogP contribution in [0.25, 0.3) is 0 Å². The van der Waals surface area contributed by atoms with Gasteiger partial charge >= 0.3 is 12.0 Å². The highest BCUT2D eigenvalue weighted by Crippen LogP contribution is 2.13. The first-order valence-electron chi connectivity index (χ1n) is 9.23. The topological polar surface area (TPSA) is 135 Å². The molecule has 2 rings (SSSR count). The van der Waals surface area contributed by atoms with Gasteiger partial charge in [-0.3, -0.25) is 14.6 Å². The Bertz CT molecular complexity index is 811. The molecule has 1 heterocycles. The second-order valence-corrected chi connectivity index (χ2v) is 6.11. The normalized spacial score (nSPS) is 11.2. The third kappa shape index (κ3) is 7.59. The van der Waals surface area contributed by atoms with Gasteiger partial charge in [0.2, 0.25) is 0 Å². The molecule has 1 unspecified atom stereocenters. The second-order valence-electron chi connectivity index (χ2n) is 6.11. The van der Waals surface area contributed by atoms with Crippen molar-refractivity contribution in [2.45, 2.75) is 19.4 Å². The molecule has 3 amide bonds. The van der Waals surface area contributed by atoms with Crippen molar-refractivity contribution in [2.75, 3.05) is 25.0 Å². The van der Waals surface area contributed by atoms with Gasteiger partial charge in [0.15, 0.2) is 0 Å². The first-order valence-corrected chi connectivity index (χ1v) is 9.23. The Kier molecular flexibility index (Phi) is 8.58. The summed E-state index contributed by atoms with van der Waals surface area (Å²) in [6.07, 6.45) is 3.30. The molecule has 1 aromatic carbocycles. The van der Waals surface area contributed by atoms with Gasteiger partial charge in [0.25, 0.3) is 5.91 Å². The van der Waals surface area contributed by atoms with Gasteiger partial charge in [-0.2, -0.15) is 0 Å². The maximum absolute atomic E-state index is 12.2. The summed E-state index contributed by atoms with van der Waals surface area (Å²) in [6, 6.07) is 9.37. The van der Waals surface area contributed by atoms with E-state index in [0.29, 0.717) is 17.9 Å². The molecular formula is C20H25N5O4. The molecule has 0 fully saturated rings. The molecule has 29 heavy (non-hydrogen) atoms. The fourth-order valence-corrected chi connectivity index (χ4v) is 2.41. The van der Waals surface area contributed by atoms with Crippen molar-refractivity contribution in [1.29, 1.82) is 0 Å². The highest BCUT2D eigenvalue weighted by Gasteiger charge is 2.11. The number of esters is 1. The van der Waals surface area contributed by atoms with Gasteiger partial charge in [0, 0.05) is 42.8 Å². The van der Waals surface area contributed by atoms with E-state index in [0.717, 1.165) is 5.56 Å². The zero-order valence-electron chi connectivity index (χ0n) is 16.2. The van der Waals surface area contributed by atoms with Gasteiger partial charge in [-0.1, -0.05) is 12.1 Å². The summed E-state index contributed by atoms with van der Waals surface area (Å²) >= 11 is 0. The molecule has 0 radical (unpaired) electrons. The fraction of sp³-hybridized carbons (Fsp3) is 0.300. The summed E-state index contributed by atoms with van der Waals surface area (Å²) in [5.41, 5.74) is 8.01. The molecule has 1 aromatic heterocycles. The predicted octanol–water partition coefficient (Wildman–Crippen LogP) is 1.59. The Morgan fingerprint density at radius 3 is 2.41 bits per heavy atom. The standard InChI is InChI=1S/C20H25N5O4/c1-2-29-18(26)9-12-23-20(28)24-13-17(21)14-3-5-15(6-4-14)19(27)25-16-7-10-22-11-8-16/h3-8,10-11,17H,2,9,12-13,21H2,1H3,(H,22,25,27)(H2,23,24,28). The van der Waals surface area contributed by atoms with Crippen LogP contribution in [0.4, 0.5) is 10.5 Å². The summed E-state index contributed by atoms with van der Waals surface area (Å²) in [5, 5.41) is 7.98. The lowest BCUT2D eigenvalue weighted by atomic mass is 10.1. The van der Waals surface area contributed by atoms with E-state index in [-0.39, 0.29) is 31.4 Å². The Labute approximate surface area is 169 Å². The Balaban J connectivity index is 1.76. The highest BCUT2D eigenvalue weighted by molar-refractivity contribution is 6.04. The van der Waals surface area contributed by atoms with Crippen LogP contribution in [-0.2, 0) is 9.53 Å². The molecule has 0 saturated carbocycles. The van der Waals surface area contributed by atoms with Gasteiger partial charge < -0.3 is 26.4 Å². The van der Waals surface area contributed by atoms with E-state index < -0.39 is 12.1 Å². The number of urea groups is 1.